The summed E-state index contributed by atoms with van der Waals surface area (Å²) in [5.74, 6) is 0. The summed E-state index contributed by atoms with van der Waals surface area (Å²) in [4.78, 5) is 2.93. The lowest BCUT2D eigenvalue weighted by Crippen LogP contribution is -2.05. The van der Waals surface area contributed by atoms with Crippen molar-refractivity contribution in [2.45, 2.75) is 19.6 Å². The van der Waals surface area contributed by atoms with Crippen molar-refractivity contribution in [1.29, 1.82) is 0 Å². The molecule has 0 saturated heterocycles. The molecule has 0 aliphatic carbocycles. The van der Waals surface area contributed by atoms with Gasteiger partial charge in [-0.25, -0.2) is 0 Å². The Bertz CT molecular complexity index is 525. The first-order valence-corrected chi connectivity index (χ1v) is 5.47. The number of imidazole rings is 1. The zero-order valence-corrected chi connectivity index (χ0v) is 9.87. The largest absolute Gasteiger partial charge is 0.390 e. The van der Waals surface area contributed by atoms with E-state index in [1.165, 1.54) is 0 Å². The number of aliphatic hydroxyl groups is 1. The van der Waals surface area contributed by atoms with Crippen molar-refractivity contribution < 1.29 is 5.11 Å². The summed E-state index contributed by atoms with van der Waals surface area (Å²) in [5, 5.41) is 13.2. The van der Waals surface area contributed by atoms with E-state index in [-0.39, 0.29) is 6.61 Å². The zero-order valence-electron chi connectivity index (χ0n) is 9.05. The van der Waals surface area contributed by atoms with E-state index in [1.54, 1.807) is 10.9 Å². The van der Waals surface area contributed by atoms with Crippen LogP contribution in [0.15, 0.2) is 18.6 Å². The molecule has 2 aromatic heterocycles. The van der Waals surface area contributed by atoms with Crippen LogP contribution in [0.2, 0.25) is 0 Å². The lowest BCUT2D eigenvalue weighted by atomic mass is 10.2. The van der Waals surface area contributed by atoms with Gasteiger partial charge in [0.25, 0.3) is 0 Å². The van der Waals surface area contributed by atoms with Crippen molar-refractivity contribution in [1.82, 2.24) is 19.3 Å². The van der Waals surface area contributed by atoms with Crippen molar-refractivity contribution in [3.63, 3.8) is 0 Å². The molecule has 2 aromatic rings. The summed E-state index contributed by atoms with van der Waals surface area (Å²) < 4.78 is 4.33. The highest BCUT2D eigenvalue weighted by Gasteiger charge is 2.03. The van der Waals surface area contributed by atoms with Gasteiger partial charge < -0.3 is 14.7 Å². The Hall–Kier alpha value is -1.40. The molecule has 0 fully saturated rings. The van der Waals surface area contributed by atoms with Crippen LogP contribution in [0.4, 0.5) is 0 Å². The van der Waals surface area contributed by atoms with Crippen molar-refractivity contribution in [3.05, 3.63) is 34.6 Å². The number of H-pyrrole nitrogens is 1. The van der Waals surface area contributed by atoms with Crippen molar-refractivity contribution in [3.8, 4) is 0 Å². The molecule has 86 valence electrons. The summed E-state index contributed by atoms with van der Waals surface area (Å²) in [6, 6.07) is 0. The van der Waals surface area contributed by atoms with E-state index < -0.39 is 0 Å². The smallest absolute Gasteiger partial charge is 0.177 e. The Morgan fingerprint density at radius 3 is 3.00 bits per heavy atom. The molecule has 0 amide bonds. The molecule has 5 nitrogen and oxygen atoms in total. The van der Waals surface area contributed by atoms with Crippen LogP contribution in [-0.2, 0) is 26.6 Å². The molecule has 2 heterocycles. The van der Waals surface area contributed by atoms with E-state index in [0.717, 1.165) is 24.2 Å². The molecule has 0 aliphatic heterocycles. The molecule has 0 bridgehead atoms. The molecule has 0 aliphatic rings. The van der Waals surface area contributed by atoms with E-state index >= 15 is 0 Å². The number of hydrogen-bond donors (Lipinski definition) is 2. The predicted octanol–water partition coefficient (Wildman–Crippen LogP) is 1.01. The number of aryl methyl sites for hydroxylation is 2. The minimum Gasteiger partial charge on any atom is -0.390 e. The van der Waals surface area contributed by atoms with Crippen LogP contribution in [0.25, 0.3) is 0 Å². The summed E-state index contributed by atoms with van der Waals surface area (Å²) >= 11 is 5.14. The Kier molecular flexibility index (Phi) is 3.21. The molecule has 0 aromatic carbocycles. The van der Waals surface area contributed by atoms with E-state index in [2.05, 4.69) is 10.1 Å². The number of hydrogen-bond acceptors (Lipinski definition) is 3. The van der Waals surface area contributed by atoms with Gasteiger partial charge in [0.15, 0.2) is 4.77 Å². The van der Waals surface area contributed by atoms with E-state index in [4.69, 9.17) is 17.3 Å². The van der Waals surface area contributed by atoms with Crippen LogP contribution in [0.3, 0.4) is 0 Å². The van der Waals surface area contributed by atoms with E-state index in [9.17, 15) is 0 Å². The molecule has 0 saturated carbocycles. The quantitative estimate of drug-likeness (QED) is 0.782. The highest BCUT2D eigenvalue weighted by atomic mass is 32.1. The fraction of sp³-hybridized carbons (Fsp3) is 0.400. The Labute approximate surface area is 98.3 Å². The normalized spacial score (nSPS) is 10.9. The summed E-state index contributed by atoms with van der Waals surface area (Å²) in [6.07, 6.45) is 6.42. The van der Waals surface area contributed by atoms with Crippen molar-refractivity contribution in [2.24, 2.45) is 7.05 Å². The molecular formula is C10H14N4OS. The first-order chi connectivity index (χ1) is 7.70. The minimum atomic E-state index is 0.000178. The van der Waals surface area contributed by atoms with Crippen LogP contribution in [0.5, 0.6) is 0 Å². The standard InChI is InChI=1S/C10H14N4OS/c1-13-6-8(4-12-13)2-3-14-9(7-15)5-11-10(14)16/h4-6,15H,2-3,7H2,1H3,(H,11,16). The van der Waals surface area contributed by atoms with Gasteiger partial charge in [0.05, 0.1) is 18.5 Å². The lowest BCUT2D eigenvalue weighted by molar-refractivity contribution is 0.270. The van der Waals surface area contributed by atoms with Crippen LogP contribution < -0.4 is 0 Å². The Morgan fingerprint density at radius 1 is 1.56 bits per heavy atom. The van der Waals surface area contributed by atoms with E-state index in [0.29, 0.717) is 4.77 Å². The van der Waals surface area contributed by atoms with E-state index in [1.807, 2.05) is 24.0 Å². The fourth-order valence-corrected chi connectivity index (χ4v) is 1.92. The summed E-state index contributed by atoms with van der Waals surface area (Å²) in [6.45, 7) is 0.754. The molecule has 2 N–H and O–H groups in total. The third kappa shape index (κ3) is 2.23. The van der Waals surface area contributed by atoms with Gasteiger partial charge in [-0.2, -0.15) is 5.10 Å². The maximum atomic E-state index is 9.13. The first-order valence-electron chi connectivity index (χ1n) is 5.06. The van der Waals surface area contributed by atoms with Crippen LogP contribution in [0.1, 0.15) is 11.3 Å². The second-order valence-corrected chi connectivity index (χ2v) is 4.05. The van der Waals surface area contributed by atoms with Gasteiger partial charge in [0.1, 0.15) is 0 Å². The summed E-state index contributed by atoms with van der Waals surface area (Å²) in [7, 11) is 1.89. The molecule has 2 rings (SSSR count). The average Bonchev–Trinajstić information content (AvgIpc) is 2.82. The maximum absolute atomic E-state index is 9.13. The Balaban J connectivity index is 2.09. The SMILES string of the molecule is Cn1cc(CCn2c(CO)c[nH]c2=S)cn1. The van der Waals surface area contributed by atoms with Gasteiger partial charge in [0, 0.05) is 26.0 Å². The van der Waals surface area contributed by atoms with Gasteiger partial charge in [-0.05, 0) is 24.2 Å². The second-order valence-electron chi connectivity index (χ2n) is 3.67. The summed E-state index contributed by atoms with van der Waals surface area (Å²) in [5.41, 5.74) is 1.98. The van der Waals surface area contributed by atoms with Crippen LogP contribution in [0, 0.1) is 4.77 Å². The second kappa shape index (κ2) is 4.63. The lowest BCUT2D eigenvalue weighted by Gasteiger charge is -2.04. The van der Waals surface area contributed by atoms with Crippen LogP contribution in [-0.4, -0.2) is 24.4 Å². The number of aromatic nitrogens is 4. The molecular weight excluding hydrogens is 224 g/mol. The number of aromatic amines is 1. The molecule has 0 radical (unpaired) electrons. The molecule has 0 spiro atoms. The monoisotopic (exact) mass is 238 g/mol. The van der Waals surface area contributed by atoms with Gasteiger partial charge in [-0.15, -0.1) is 0 Å². The van der Waals surface area contributed by atoms with Crippen molar-refractivity contribution in [2.75, 3.05) is 0 Å². The van der Waals surface area contributed by atoms with Gasteiger partial charge in [0.2, 0.25) is 0 Å². The Morgan fingerprint density at radius 2 is 2.38 bits per heavy atom. The zero-order chi connectivity index (χ0) is 11.5. The average molecular weight is 238 g/mol. The fourth-order valence-electron chi connectivity index (χ4n) is 1.65. The van der Waals surface area contributed by atoms with Gasteiger partial charge in [-0.1, -0.05) is 0 Å². The van der Waals surface area contributed by atoms with Gasteiger partial charge in [-0.3, -0.25) is 4.68 Å². The van der Waals surface area contributed by atoms with Gasteiger partial charge >= 0.3 is 0 Å². The molecule has 6 heteroatoms. The molecule has 0 unspecified atom stereocenters. The van der Waals surface area contributed by atoms with Crippen LogP contribution >= 0.6 is 12.2 Å². The third-order valence-corrected chi connectivity index (χ3v) is 2.84. The maximum Gasteiger partial charge on any atom is 0.177 e. The predicted molar refractivity (Wildman–Crippen MR) is 62.5 cm³/mol. The molecule has 0 atom stereocenters. The number of aliphatic hydroxyl groups excluding tert-OH is 1. The third-order valence-electron chi connectivity index (χ3n) is 2.50. The minimum absolute atomic E-state index is 0.000178. The first kappa shape index (κ1) is 11.1. The van der Waals surface area contributed by atoms with Crippen molar-refractivity contribution >= 4 is 12.2 Å². The highest BCUT2D eigenvalue weighted by Crippen LogP contribution is 2.05. The topological polar surface area (TPSA) is 58.8 Å². The number of rotatable bonds is 4. The molecule has 16 heavy (non-hydrogen) atoms. The number of nitrogens with zero attached hydrogens (tertiary/aromatic N) is 3. The highest BCUT2D eigenvalue weighted by molar-refractivity contribution is 7.71. The number of nitrogens with one attached hydrogen (secondary N) is 1.